The number of esters is 1. The highest BCUT2D eigenvalue weighted by Crippen LogP contribution is 2.12. The molecule has 0 fully saturated rings. The third kappa shape index (κ3) is 6.39. The van der Waals surface area contributed by atoms with Crippen molar-refractivity contribution >= 4 is 29.5 Å². The van der Waals surface area contributed by atoms with Crippen molar-refractivity contribution in [2.24, 2.45) is 0 Å². The maximum atomic E-state index is 12.3. The van der Waals surface area contributed by atoms with Crippen molar-refractivity contribution in [1.82, 2.24) is 4.90 Å². The molecule has 6 heteroatoms. The average molecular weight is 380 g/mol. The zero-order valence-electron chi connectivity index (χ0n) is 16.1. The quantitative estimate of drug-likeness (QED) is 0.563. The molecule has 0 saturated carbocycles. The maximum Gasteiger partial charge on any atom is 0.331 e. The van der Waals surface area contributed by atoms with E-state index in [-0.39, 0.29) is 5.91 Å². The standard InChI is InChI=1S/C22H24N2O4/c1-3-24(4-2)22(27)18-11-13-19(14-12-18)23-20(25)16-28-21(26)15-10-17-8-6-5-7-9-17/h5-15H,3-4,16H2,1-2H3,(H,23,25)/b15-10+. The summed E-state index contributed by atoms with van der Waals surface area (Å²) in [6.45, 7) is 4.73. The number of nitrogens with zero attached hydrogens (tertiary/aromatic N) is 1. The number of ether oxygens (including phenoxy) is 1. The molecule has 0 heterocycles. The summed E-state index contributed by atoms with van der Waals surface area (Å²) in [6.07, 6.45) is 2.89. The van der Waals surface area contributed by atoms with Crippen molar-refractivity contribution in [2.75, 3.05) is 25.0 Å². The van der Waals surface area contributed by atoms with Crippen molar-refractivity contribution in [1.29, 1.82) is 0 Å². The van der Waals surface area contributed by atoms with E-state index in [2.05, 4.69) is 5.32 Å². The highest BCUT2D eigenvalue weighted by atomic mass is 16.5. The minimum atomic E-state index is -0.598. The van der Waals surface area contributed by atoms with Gasteiger partial charge in [-0.2, -0.15) is 0 Å². The summed E-state index contributed by atoms with van der Waals surface area (Å²) in [7, 11) is 0. The van der Waals surface area contributed by atoms with E-state index in [4.69, 9.17) is 4.74 Å². The summed E-state index contributed by atoms with van der Waals surface area (Å²) in [5.41, 5.74) is 1.94. The third-order valence-electron chi connectivity index (χ3n) is 4.02. The van der Waals surface area contributed by atoms with E-state index in [9.17, 15) is 14.4 Å². The molecule has 0 radical (unpaired) electrons. The van der Waals surface area contributed by atoms with Crippen LogP contribution in [0.5, 0.6) is 0 Å². The van der Waals surface area contributed by atoms with Crippen LogP contribution in [0.25, 0.3) is 6.08 Å². The number of hydrogen-bond donors (Lipinski definition) is 1. The van der Waals surface area contributed by atoms with Crippen molar-refractivity contribution in [3.63, 3.8) is 0 Å². The van der Waals surface area contributed by atoms with Crippen LogP contribution in [0.1, 0.15) is 29.8 Å². The highest BCUT2D eigenvalue weighted by molar-refractivity contribution is 5.97. The second-order valence-electron chi connectivity index (χ2n) is 5.95. The molecule has 0 aromatic heterocycles. The fourth-order valence-electron chi connectivity index (χ4n) is 2.50. The van der Waals surface area contributed by atoms with E-state index in [0.29, 0.717) is 24.3 Å². The van der Waals surface area contributed by atoms with Crippen molar-refractivity contribution < 1.29 is 19.1 Å². The Morgan fingerprint density at radius 1 is 0.964 bits per heavy atom. The minimum Gasteiger partial charge on any atom is -0.452 e. The van der Waals surface area contributed by atoms with Crippen LogP contribution in [0, 0.1) is 0 Å². The molecule has 2 aromatic carbocycles. The SMILES string of the molecule is CCN(CC)C(=O)c1ccc(NC(=O)COC(=O)/C=C/c2ccccc2)cc1. The number of benzene rings is 2. The molecular formula is C22H24N2O4. The Kier molecular flexibility index (Phi) is 7.96. The molecule has 0 aliphatic heterocycles. The van der Waals surface area contributed by atoms with Gasteiger partial charge in [0.05, 0.1) is 0 Å². The first-order valence-electron chi connectivity index (χ1n) is 9.12. The van der Waals surface area contributed by atoms with Crippen LogP contribution >= 0.6 is 0 Å². The van der Waals surface area contributed by atoms with Gasteiger partial charge in [0.1, 0.15) is 0 Å². The van der Waals surface area contributed by atoms with Gasteiger partial charge in [-0.15, -0.1) is 0 Å². The Morgan fingerprint density at radius 3 is 2.21 bits per heavy atom. The van der Waals surface area contributed by atoms with Gasteiger partial charge in [-0.3, -0.25) is 9.59 Å². The summed E-state index contributed by atoms with van der Waals surface area (Å²) in [5.74, 6) is -1.11. The zero-order valence-corrected chi connectivity index (χ0v) is 16.1. The Hall–Kier alpha value is -3.41. The molecule has 2 rings (SSSR count). The van der Waals surface area contributed by atoms with E-state index in [1.54, 1.807) is 35.2 Å². The Bertz CT molecular complexity index is 825. The predicted molar refractivity (Wildman–Crippen MR) is 109 cm³/mol. The highest BCUT2D eigenvalue weighted by Gasteiger charge is 2.12. The van der Waals surface area contributed by atoms with E-state index in [0.717, 1.165) is 5.56 Å². The van der Waals surface area contributed by atoms with Gasteiger partial charge in [-0.1, -0.05) is 30.3 Å². The second-order valence-corrected chi connectivity index (χ2v) is 5.95. The fourth-order valence-corrected chi connectivity index (χ4v) is 2.50. The van der Waals surface area contributed by atoms with Gasteiger partial charge in [0.2, 0.25) is 0 Å². The number of anilines is 1. The van der Waals surface area contributed by atoms with Crippen LogP contribution in [0.15, 0.2) is 60.7 Å². The molecule has 0 bridgehead atoms. The van der Waals surface area contributed by atoms with Gasteiger partial charge in [0.25, 0.3) is 11.8 Å². The summed E-state index contributed by atoms with van der Waals surface area (Å²) in [4.78, 5) is 37.6. The number of carbonyl (C=O) groups is 3. The van der Waals surface area contributed by atoms with Crippen molar-refractivity contribution in [3.8, 4) is 0 Å². The first kappa shape index (κ1) is 20.9. The lowest BCUT2D eigenvalue weighted by molar-refractivity contribution is -0.142. The first-order valence-corrected chi connectivity index (χ1v) is 9.12. The van der Waals surface area contributed by atoms with Crippen molar-refractivity contribution in [2.45, 2.75) is 13.8 Å². The van der Waals surface area contributed by atoms with E-state index in [1.165, 1.54) is 6.08 Å². The molecular weight excluding hydrogens is 356 g/mol. The molecule has 0 aliphatic carbocycles. The Morgan fingerprint density at radius 2 is 1.61 bits per heavy atom. The average Bonchev–Trinajstić information content (AvgIpc) is 2.73. The Balaban J connectivity index is 1.82. The first-order chi connectivity index (χ1) is 13.5. The second kappa shape index (κ2) is 10.7. The molecule has 1 N–H and O–H groups in total. The van der Waals surface area contributed by atoms with Gasteiger partial charge >= 0.3 is 5.97 Å². The zero-order chi connectivity index (χ0) is 20.4. The molecule has 0 saturated heterocycles. The van der Waals surface area contributed by atoms with Crippen LogP contribution in [-0.4, -0.2) is 42.4 Å². The topological polar surface area (TPSA) is 75.7 Å². The molecule has 0 spiro atoms. The molecule has 2 amide bonds. The largest absolute Gasteiger partial charge is 0.452 e. The number of carbonyl (C=O) groups excluding carboxylic acids is 3. The molecule has 146 valence electrons. The molecule has 6 nitrogen and oxygen atoms in total. The predicted octanol–water partition coefficient (Wildman–Crippen LogP) is 3.36. The molecule has 2 aromatic rings. The normalized spacial score (nSPS) is 10.5. The van der Waals surface area contributed by atoms with Crippen LogP contribution < -0.4 is 5.32 Å². The number of amides is 2. The van der Waals surface area contributed by atoms with E-state index in [1.807, 2.05) is 44.2 Å². The molecule has 0 atom stereocenters. The van der Waals surface area contributed by atoms with Crippen LogP contribution in [-0.2, 0) is 14.3 Å². The van der Waals surface area contributed by atoms with E-state index >= 15 is 0 Å². The number of hydrogen-bond acceptors (Lipinski definition) is 4. The molecule has 0 aliphatic rings. The smallest absolute Gasteiger partial charge is 0.331 e. The third-order valence-corrected chi connectivity index (χ3v) is 4.02. The Labute approximate surface area is 164 Å². The van der Waals surface area contributed by atoms with Gasteiger partial charge in [0, 0.05) is 30.4 Å². The van der Waals surface area contributed by atoms with Crippen molar-refractivity contribution in [3.05, 3.63) is 71.8 Å². The summed E-state index contributed by atoms with van der Waals surface area (Å²) in [5, 5.41) is 2.63. The monoisotopic (exact) mass is 380 g/mol. The summed E-state index contributed by atoms with van der Waals surface area (Å²) < 4.78 is 4.92. The lowest BCUT2D eigenvalue weighted by Gasteiger charge is -2.18. The summed E-state index contributed by atoms with van der Waals surface area (Å²) in [6, 6.07) is 15.9. The van der Waals surface area contributed by atoms with Crippen LogP contribution in [0.4, 0.5) is 5.69 Å². The summed E-state index contributed by atoms with van der Waals surface area (Å²) >= 11 is 0. The number of rotatable bonds is 8. The number of nitrogens with one attached hydrogen (secondary N) is 1. The van der Waals surface area contributed by atoms with Crippen LogP contribution in [0.3, 0.4) is 0 Å². The molecule has 28 heavy (non-hydrogen) atoms. The van der Waals surface area contributed by atoms with Gasteiger partial charge < -0.3 is 15.0 Å². The molecule has 0 unspecified atom stereocenters. The fraction of sp³-hybridized carbons (Fsp3) is 0.227. The van der Waals surface area contributed by atoms with Gasteiger partial charge in [0.15, 0.2) is 6.61 Å². The van der Waals surface area contributed by atoms with Gasteiger partial charge in [-0.05, 0) is 49.8 Å². The minimum absolute atomic E-state index is 0.0537. The maximum absolute atomic E-state index is 12.3. The lowest BCUT2D eigenvalue weighted by Crippen LogP contribution is -2.30. The van der Waals surface area contributed by atoms with Crippen LogP contribution in [0.2, 0.25) is 0 Å². The van der Waals surface area contributed by atoms with E-state index < -0.39 is 18.5 Å². The lowest BCUT2D eigenvalue weighted by atomic mass is 10.2. The van der Waals surface area contributed by atoms with Gasteiger partial charge in [-0.25, -0.2) is 4.79 Å².